The fraction of sp³-hybridized carbons (Fsp3) is 0.231. The number of carbonyl (C=O) groups excluding carboxylic acids is 4. The van der Waals surface area contributed by atoms with E-state index in [1.807, 2.05) is 36.4 Å². The monoisotopic (exact) mass is 692 g/mol. The molecule has 6 atom stereocenters. The highest BCUT2D eigenvalue weighted by Gasteiger charge is 2.62. The molecule has 0 radical (unpaired) electrons. The van der Waals surface area contributed by atoms with Crippen LogP contribution < -0.4 is 14.5 Å². The number of hydrogen-bond donors (Lipinski definition) is 1. The number of phenols is 1. The number of aromatic hydroxyl groups is 1. The van der Waals surface area contributed by atoms with E-state index in [2.05, 4.69) is 0 Å². The lowest BCUT2D eigenvalue weighted by atomic mass is 9.57. The number of halogens is 2. The van der Waals surface area contributed by atoms with E-state index in [0.29, 0.717) is 45.8 Å². The molecule has 1 N–H and O–H groups in total. The van der Waals surface area contributed by atoms with E-state index in [0.717, 1.165) is 11.1 Å². The number of fused-ring (bicyclic) bond motifs is 4. The Balaban J connectivity index is 1.19. The lowest BCUT2D eigenvalue weighted by Gasteiger charge is -2.44. The van der Waals surface area contributed by atoms with E-state index in [1.165, 1.54) is 15.9 Å². The van der Waals surface area contributed by atoms with E-state index in [9.17, 15) is 24.3 Å². The minimum Gasteiger partial charge on any atom is -0.508 e. The van der Waals surface area contributed by atoms with Crippen molar-refractivity contribution in [3.8, 4) is 11.5 Å². The van der Waals surface area contributed by atoms with Crippen LogP contribution in [-0.2, 0) is 25.8 Å². The normalized spacial score (nSPS) is 26.0. The van der Waals surface area contributed by atoms with E-state index < -0.39 is 35.5 Å². The maximum atomic E-state index is 14.3. The molecule has 2 heterocycles. The summed E-state index contributed by atoms with van der Waals surface area (Å²) < 4.78 is 5.96. The van der Waals surface area contributed by atoms with Crippen LogP contribution in [0.15, 0.2) is 109 Å². The smallest absolute Gasteiger partial charge is 0.238 e. The molecule has 2 aliphatic heterocycles. The predicted octanol–water partition coefficient (Wildman–Crippen LogP) is 7.32. The molecule has 2 aliphatic carbocycles. The van der Waals surface area contributed by atoms with Gasteiger partial charge in [-0.25, -0.2) is 0 Å². The maximum absolute atomic E-state index is 14.3. The summed E-state index contributed by atoms with van der Waals surface area (Å²) in [5.74, 6) is -5.22. The highest BCUT2D eigenvalue weighted by atomic mass is 35.5. The molecule has 246 valence electrons. The van der Waals surface area contributed by atoms with Crippen LogP contribution >= 0.6 is 23.2 Å². The highest BCUT2D eigenvalue weighted by Crippen LogP contribution is 2.59. The van der Waals surface area contributed by atoms with Crippen LogP contribution in [0.1, 0.15) is 29.9 Å². The number of nitrogens with zero attached hydrogens (tertiary/aromatic N) is 2. The zero-order chi connectivity index (χ0) is 34.0. The van der Waals surface area contributed by atoms with Crippen LogP contribution in [0.25, 0.3) is 0 Å². The lowest BCUT2D eigenvalue weighted by molar-refractivity contribution is -0.126. The Morgan fingerprint density at radius 1 is 0.673 bits per heavy atom. The van der Waals surface area contributed by atoms with E-state index in [1.54, 1.807) is 60.7 Å². The van der Waals surface area contributed by atoms with Gasteiger partial charge < -0.3 is 9.84 Å². The average Bonchev–Trinajstić information content (AvgIpc) is 3.51. The van der Waals surface area contributed by atoms with Gasteiger partial charge in [-0.1, -0.05) is 71.2 Å². The number of amides is 4. The maximum Gasteiger partial charge on any atom is 0.238 e. The van der Waals surface area contributed by atoms with Gasteiger partial charge in [0.05, 0.1) is 35.0 Å². The molecule has 4 aromatic rings. The Kier molecular flexibility index (Phi) is 7.81. The van der Waals surface area contributed by atoms with Crippen molar-refractivity contribution in [2.24, 2.45) is 29.6 Å². The van der Waals surface area contributed by atoms with E-state index >= 15 is 0 Å². The van der Waals surface area contributed by atoms with Crippen LogP contribution in [0.3, 0.4) is 0 Å². The van der Waals surface area contributed by atoms with Crippen molar-refractivity contribution in [2.75, 3.05) is 9.80 Å². The molecule has 8 nitrogen and oxygen atoms in total. The van der Waals surface area contributed by atoms with Crippen molar-refractivity contribution >= 4 is 58.2 Å². The summed E-state index contributed by atoms with van der Waals surface area (Å²) in [7, 11) is 0. The summed E-state index contributed by atoms with van der Waals surface area (Å²) in [5, 5.41) is 12.5. The number of phenolic OH excluding ortho intramolecular Hbond substituents is 1. The molecule has 4 aliphatic rings. The van der Waals surface area contributed by atoms with Crippen LogP contribution in [0.5, 0.6) is 11.5 Å². The Bertz CT molecular complexity index is 2030. The Labute approximate surface area is 292 Å². The number of hydrogen-bond acceptors (Lipinski definition) is 6. The van der Waals surface area contributed by atoms with Gasteiger partial charge in [0.2, 0.25) is 23.6 Å². The quantitative estimate of drug-likeness (QED) is 0.168. The molecule has 3 fully saturated rings. The fourth-order valence-electron chi connectivity index (χ4n) is 8.24. The van der Waals surface area contributed by atoms with Crippen molar-refractivity contribution < 1.29 is 29.0 Å². The molecule has 10 heteroatoms. The number of anilines is 2. The zero-order valence-corrected chi connectivity index (χ0v) is 27.6. The third-order valence-electron chi connectivity index (χ3n) is 10.4. The van der Waals surface area contributed by atoms with Gasteiger partial charge in [0, 0.05) is 27.6 Å². The Morgan fingerprint density at radius 2 is 1.27 bits per heavy atom. The van der Waals surface area contributed by atoms with Crippen LogP contribution in [0, 0.1) is 29.6 Å². The van der Waals surface area contributed by atoms with Gasteiger partial charge in [-0.3, -0.25) is 29.0 Å². The minimum atomic E-state index is -0.830. The molecule has 4 aromatic carbocycles. The molecule has 8 rings (SSSR count). The van der Waals surface area contributed by atoms with Gasteiger partial charge in [-0.15, -0.1) is 0 Å². The third kappa shape index (κ3) is 5.21. The Hall–Kier alpha value is -4.92. The van der Waals surface area contributed by atoms with Gasteiger partial charge in [-0.05, 0) is 78.9 Å². The third-order valence-corrected chi connectivity index (χ3v) is 10.9. The first-order chi connectivity index (χ1) is 23.7. The number of benzene rings is 4. The van der Waals surface area contributed by atoms with Crippen molar-refractivity contribution in [1.29, 1.82) is 0 Å². The molecule has 4 amide bonds. The number of allylic oxidation sites excluding steroid dienone is 2. The molecule has 0 bridgehead atoms. The summed E-state index contributed by atoms with van der Waals surface area (Å²) >= 11 is 12.2. The van der Waals surface area contributed by atoms with Crippen LogP contribution in [0.4, 0.5) is 11.4 Å². The second kappa shape index (κ2) is 12.2. The summed E-state index contributed by atoms with van der Waals surface area (Å²) in [5.41, 5.74) is 3.05. The molecular weight excluding hydrogens is 663 g/mol. The second-order valence-electron chi connectivity index (χ2n) is 13.0. The van der Waals surface area contributed by atoms with Crippen molar-refractivity contribution in [3.05, 3.63) is 130 Å². The first-order valence-corrected chi connectivity index (χ1v) is 16.9. The van der Waals surface area contributed by atoms with E-state index in [4.69, 9.17) is 27.9 Å². The van der Waals surface area contributed by atoms with Crippen LogP contribution in [-0.4, -0.2) is 28.7 Å². The highest BCUT2D eigenvalue weighted by molar-refractivity contribution is 6.31. The average molecular weight is 694 g/mol. The van der Waals surface area contributed by atoms with Crippen LogP contribution in [0.2, 0.25) is 10.0 Å². The summed E-state index contributed by atoms with van der Waals surface area (Å²) in [6, 6.07) is 27.7. The molecule has 2 saturated heterocycles. The molecular formula is C39H30Cl2N2O6. The van der Waals surface area contributed by atoms with Gasteiger partial charge in [0.25, 0.3) is 0 Å². The van der Waals surface area contributed by atoms with Gasteiger partial charge in [-0.2, -0.15) is 0 Å². The first-order valence-electron chi connectivity index (χ1n) is 16.2. The summed E-state index contributed by atoms with van der Waals surface area (Å²) in [4.78, 5) is 58.9. The second-order valence-corrected chi connectivity index (χ2v) is 13.9. The molecule has 49 heavy (non-hydrogen) atoms. The number of carbonyl (C=O) groups is 4. The molecule has 1 saturated carbocycles. The van der Waals surface area contributed by atoms with Crippen molar-refractivity contribution in [3.63, 3.8) is 0 Å². The van der Waals surface area contributed by atoms with E-state index in [-0.39, 0.29) is 35.8 Å². The van der Waals surface area contributed by atoms with Crippen molar-refractivity contribution in [1.82, 2.24) is 0 Å². The van der Waals surface area contributed by atoms with Crippen molar-refractivity contribution in [2.45, 2.75) is 25.4 Å². The number of ether oxygens (including phenoxy) is 1. The van der Waals surface area contributed by atoms with Gasteiger partial charge in [0.1, 0.15) is 18.1 Å². The SMILES string of the molecule is O=C1[C@H]2[C@H](CC=C3[C@H]2C[C@H]2C(=O)N(c4ccc(Cl)cc4)C(=O)[C@H]2[C@H]3c2ccc(OCc3ccccc3)cc2O)C(=O)N1c1ccc(Cl)cc1. The first kappa shape index (κ1) is 31.4. The van der Waals surface area contributed by atoms with Gasteiger partial charge in [0.15, 0.2) is 0 Å². The topological polar surface area (TPSA) is 104 Å². The molecule has 0 spiro atoms. The van der Waals surface area contributed by atoms with Gasteiger partial charge >= 0.3 is 0 Å². The minimum absolute atomic E-state index is 0.0835. The Morgan fingerprint density at radius 3 is 1.88 bits per heavy atom. The predicted molar refractivity (Wildman–Crippen MR) is 184 cm³/mol. The standard InChI is InChI=1S/C39H30Cl2N2O6/c40-22-6-10-24(11-7-22)42-36(45)29-17-16-27-30(34(29)38(42)47)19-31-35(39(48)43(37(31)46)25-12-8-23(41)9-13-25)33(27)28-15-14-26(18-32(28)44)49-20-21-4-2-1-3-5-21/h1-16,18,29-31,33-35,44H,17,19-20H2/t29-,30+,31+,33+,34-,35+/m0/s1. The fourth-order valence-corrected chi connectivity index (χ4v) is 8.50. The molecule has 0 aromatic heterocycles. The number of imide groups is 2. The summed E-state index contributed by atoms with van der Waals surface area (Å²) in [6.45, 7) is 0.299. The zero-order valence-electron chi connectivity index (χ0n) is 26.0. The summed E-state index contributed by atoms with van der Waals surface area (Å²) in [6.07, 6.45) is 2.46. The number of rotatable bonds is 6. The lowest BCUT2D eigenvalue weighted by Crippen LogP contribution is -2.43. The largest absolute Gasteiger partial charge is 0.508 e. The molecule has 0 unspecified atom stereocenters.